The van der Waals surface area contributed by atoms with E-state index in [9.17, 15) is 0 Å². The van der Waals surface area contributed by atoms with Gasteiger partial charge >= 0.3 is 0 Å². The van der Waals surface area contributed by atoms with Gasteiger partial charge in [0, 0.05) is 18.5 Å². The first-order chi connectivity index (χ1) is 9.83. The first-order valence-electron chi connectivity index (χ1n) is 6.73. The summed E-state index contributed by atoms with van der Waals surface area (Å²) in [5.41, 5.74) is 0.880. The highest BCUT2D eigenvalue weighted by molar-refractivity contribution is 5.59. The van der Waals surface area contributed by atoms with Crippen molar-refractivity contribution in [2.45, 2.75) is 20.4 Å². The Morgan fingerprint density at radius 2 is 1.80 bits per heavy atom. The fourth-order valence-corrected chi connectivity index (χ4v) is 1.78. The fraction of sp³-hybridized carbons (Fsp3) is 0.333. The molecule has 5 nitrogen and oxygen atoms in total. The Hall–Kier alpha value is -2.30. The lowest BCUT2D eigenvalue weighted by Gasteiger charge is -2.13. The van der Waals surface area contributed by atoms with Gasteiger partial charge in [-0.2, -0.15) is 0 Å². The Bertz CT molecular complexity index is 532. The van der Waals surface area contributed by atoms with Crippen LogP contribution in [0.5, 0.6) is 11.5 Å². The highest BCUT2D eigenvalue weighted by Gasteiger charge is 2.06. The monoisotopic (exact) mass is 273 g/mol. The van der Waals surface area contributed by atoms with Crippen LogP contribution in [0.3, 0.4) is 0 Å². The fourth-order valence-electron chi connectivity index (χ4n) is 1.78. The lowest BCUT2D eigenvalue weighted by Crippen LogP contribution is -2.06. The standard InChI is InChI=1S/C15H19N3O2/c1-3-19-12-6-7-14(20-4-2)13(10-12)18-11-15-16-8-5-9-17-15/h5-10,18H,3-4,11H2,1-2H3. The summed E-state index contributed by atoms with van der Waals surface area (Å²) < 4.78 is 11.1. The summed E-state index contributed by atoms with van der Waals surface area (Å²) in [6.07, 6.45) is 3.45. The van der Waals surface area contributed by atoms with E-state index < -0.39 is 0 Å². The molecule has 0 amide bonds. The van der Waals surface area contributed by atoms with Gasteiger partial charge in [0.2, 0.25) is 0 Å². The Labute approximate surface area is 119 Å². The van der Waals surface area contributed by atoms with Crippen molar-refractivity contribution >= 4 is 5.69 Å². The van der Waals surface area contributed by atoms with Crippen LogP contribution in [0.25, 0.3) is 0 Å². The normalized spacial score (nSPS) is 10.1. The highest BCUT2D eigenvalue weighted by atomic mass is 16.5. The molecule has 20 heavy (non-hydrogen) atoms. The average molecular weight is 273 g/mol. The molecule has 0 fully saturated rings. The third-order valence-electron chi connectivity index (χ3n) is 2.62. The molecule has 0 aliphatic heterocycles. The summed E-state index contributed by atoms with van der Waals surface area (Å²) in [4.78, 5) is 8.37. The number of benzene rings is 1. The zero-order chi connectivity index (χ0) is 14.2. The second-order valence-electron chi connectivity index (χ2n) is 4.04. The van der Waals surface area contributed by atoms with Crippen molar-refractivity contribution in [3.8, 4) is 11.5 Å². The molecule has 2 aromatic rings. The van der Waals surface area contributed by atoms with Crippen molar-refractivity contribution in [1.82, 2.24) is 9.97 Å². The molecule has 0 saturated carbocycles. The smallest absolute Gasteiger partial charge is 0.147 e. The van der Waals surface area contributed by atoms with Crippen LogP contribution in [0, 0.1) is 0 Å². The lowest BCUT2D eigenvalue weighted by atomic mass is 10.2. The molecule has 1 aromatic carbocycles. The number of anilines is 1. The zero-order valence-electron chi connectivity index (χ0n) is 11.8. The average Bonchev–Trinajstić information content (AvgIpc) is 2.49. The SMILES string of the molecule is CCOc1ccc(OCC)c(NCc2ncccn2)c1. The van der Waals surface area contributed by atoms with Gasteiger partial charge < -0.3 is 14.8 Å². The van der Waals surface area contributed by atoms with Gasteiger partial charge in [-0.05, 0) is 32.0 Å². The van der Waals surface area contributed by atoms with Crippen molar-refractivity contribution in [2.75, 3.05) is 18.5 Å². The van der Waals surface area contributed by atoms with Crippen LogP contribution in [-0.4, -0.2) is 23.2 Å². The molecular weight excluding hydrogens is 254 g/mol. The summed E-state index contributed by atoms with van der Waals surface area (Å²) in [5, 5.41) is 3.28. The molecule has 0 atom stereocenters. The van der Waals surface area contributed by atoms with Gasteiger partial charge in [-0.25, -0.2) is 9.97 Å². The van der Waals surface area contributed by atoms with E-state index in [1.54, 1.807) is 18.5 Å². The predicted octanol–water partition coefficient (Wildman–Crippen LogP) is 2.89. The molecule has 0 radical (unpaired) electrons. The Morgan fingerprint density at radius 1 is 1.05 bits per heavy atom. The van der Waals surface area contributed by atoms with Crippen LogP contribution in [0.1, 0.15) is 19.7 Å². The topological polar surface area (TPSA) is 56.3 Å². The summed E-state index contributed by atoms with van der Waals surface area (Å²) in [6.45, 7) is 5.71. The molecule has 2 rings (SSSR count). The molecule has 1 aromatic heterocycles. The van der Waals surface area contributed by atoms with Gasteiger partial charge in [-0.15, -0.1) is 0 Å². The largest absolute Gasteiger partial charge is 0.494 e. The number of nitrogens with one attached hydrogen (secondary N) is 1. The molecule has 0 unspecified atom stereocenters. The predicted molar refractivity (Wildman–Crippen MR) is 78.1 cm³/mol. The van der Waals surface area contributed by atoms with Gasteiger partial charge in [0.05, 0.1) is 25.4 Å². The van der Waals surface area contributed by atoms with Crippen LogP contribution < -0.4 is 14.8 Å². The van der Waals surface area contributed by atoms with Gasteiger partial charge in [0.25, 0.3) is 0 Å². The van der Waals surface area contributed by atoms with Gasteiger partial charge in [-0.3, -0.25) is 0 Å². The molecule has 1 N–H and O–H groups in total. The quantitative estimate of drug-likeness (QED) is 0.840. The summed E-state index contributed by atoms with van der Waals surface area (Å²) in [6, 6.07) is 7.53. The van der Waals surface area contributed by atoms with E-state index in [0.717, 1.165) is 23.0 Å². The molecule has 0 bridgehead atoms. The van der Waals surface area contributed by atoms with Crippen molar-refractivity contribution in [3.63, 3.8) is 0 Å². The number of hydrogen-bond acceptors (Lipinski definition) is 5. The van der Waals surface area contributed by atoms with E-state index in [1.165, 1.54) is 0 Å². The molecule has 5 heteroatoms. The molecule has 1 heterocycles. The number of ether oxygens (including phenoxy) is 2. The molecule has 0 aliphatic carbocycles. The van der Waals surface area contributed by atoms with E-state index in [0.29, 0.717) is 19.8 Å². The first kappa shape index (κ1) is 14.1. The highest BCUT2D eigenvalue weighted by Crippen LogP contribution is 2.29. The Kier molecular flexibility index (Phi) is 5.17. The van der Waals surface area contributed by atoms with Crippen LogP contribution in [0.4, 0.5) is 5.69 Å². The third kappa shape index (κ3) is 3.85. The van der Waals surface area contributed by atoms with Crippen LogP contribution in [0.2, 0.25) is 0 Å². The second kappa shape index (κ2) is 7.33. The number of nitrogens with zero attached hydrogens (tertiary/aromatic N) is 2. The van der Waals surface area contributed by atoms with E-state index in [4.69, 9.17) is 9.47 Å². The van der Waals surface area contributed by atoms with Crippen molar-refractivity contribution < 1.29 is 9.47 Å². The van der Waals surface area contributed by atoms with Crippen molar-refractivity contribution in [2.24, 2.45) is 0 Å². The number of hydrogen-bond donors (Lipinski definition) is 1. The van der Waals surface area contributed by atoms with Crippen LogP contribution >= 0.6 is 0 Å². The first-order valence-corrected chi connectivity index (χ1v) is 6.73. The Morgan fingerprint density at radius 3 is 2.50 bits per heavy atom. The maximum atomic E-state index is 5.60. The molecular formula is C15H19N3O2. The zero-order valence-corrected chi connectivity index (χ0v) is 11.8. The van der Waals surface area contributed by atoms with E-state index in [-0.39, 0.29) is 0 Å². The van der Waals surface area contributed by atoms with Crippen molar-refractivity contribution in [1.29, 1.82) is 0 Å². The molecule has 0 spiro atoms. The van der Waals surface area contributed by atoms with E-state index in [1.807, 2.05) is 32.0 Å². The summed E-state index contributed by atoms with van der Waals surface area (Å²) in [7, 11) is 0. The minimum absolute atomic E-state index is 0.538. The lowest BCUT2D eigenvalue weighted by molar-refractivity contribution is 0.332. The van der Waals surface area contributed by atoms with Gasteiger partial charge in [0.1, 0.15) is 17.3 Å². The van der Waals surface area contributed by atoms with Crippen LogP contribution in [0.15, 0.2) is 36.7 Å². The molecule has 0 aliphatic rings. The Balaban J connectivity index is 2.12. The summed E-state index contributed by atoms with van der Waals surface area (Å²) in [5.74, 6) is 2.34. The van der Waals surface area contributed by atoms with E-state index >= 15 is 0 Å². The minimum Gasteiger partial charge on any atom is -0.494 e. The van der Waals surface area contributed by atoms with Crippen LogP contribution in [-0.2, 0) is 6.54 Å². The van der Waals surface area contributed by atoms with Gasteiger partial charge in [0.15, 0.2) is 0 Å². The van der Waals surface area contributed by atoms with Crippen molar-refractivity contribution in [3.05, 3.63) is 42.5 Å². The maximum Gasteiger partial charge on any atom is 0.147 e. The summed E-state index contributed by atoms with van der Waals surface area (Å²) >= 11 is 0. The molecule has 106 valence electrons. The molecule has 0 saturated heterocycles. The maximum absolute atomic E-state index is 5.60. The minimum atomic E-state index is 0.538. The number of rotatable bonds is 7. The second-order valence-corrected chi connectivity index (χ2v) is 4.04. The number of aromatic nitrogens is 2. The van der Waals surface area contributed by atoms with Gasteiger partial charge in [-0.1, -0.05) is 0 Å². The van der Waals surface area contributed by atoms with E-state index in [2.05, 4.69) is 15.3 Å². The third-order valence-corrected chi connectivity index (χ3v) is 2.62.